The highest BCUT2D eigenvalue weighted by Crippen LogP contribution is 2.15. The van der Waals surface area contributed by atoms with Gasteiger partial charge in [0, 0.05) is 25.0 Å². The minimum Gasteiger partial charge on any atom is -0.359 e. The monoisotopic (exact) mass is 200 g/mol. The lowest BCUT2D eigenvalue weighted by molar-refractivity contribution is -0.121. The van der Waals surface area contributed by atoms with Crippen molar-refractivity contribution in [3.63, 3.8) is 0 Å². The predicted molar refractivity (Wildman–Crippen MR) is 60.3 cm³/mol. The maximum absolute atomic E-state index is 11.1. The van der Waals surface area contributed by atoms with Gasteiger partial charge in [-0.25, -0.2) is 0 Å². The summed E-state index contributed by atoms with van der Waals surface area (Å²) in [5, 5.41) is 6.14. The van der Waals surface area contributed by atoms with Crippen molar-refractivity contribution in [2.75, 3.05) is 7.05 Å². The van der Waals surface area contributed by atoms with Crippen LogP contribution >= 0.6 is 0 Å². The number of hydrogen-bond donors (Lipinski definition) is 2. The molecule has 0 aliphatic heterocycles. The highest BCUT2D eigenvalue weighted by molar-refractivity contribution is 5.76. The molecular formula is C11H24N2O. The molecular weight excluding hydrogens is 176 g/mol. The van der Waals surface area contributed by atoms with Crippen LogP contribution < -0.4 is 10.6 Å². The summed E-state index contributed by atoms with van der Waals surface area (Å²) in [5.74, 6) is 0.0968. The Bertz CT molecular complexity index is 176. The topological polar surface area (TPSA) is 41.1 Å². The molecule has 2 N–H and O–H groups in total. The molecule has 0 heterocycles. The first-order valence-corrected chi connectivity index (χ1v) is 5.45. The maximum atomic E-state index is 11.1. The van der Waals surface area contributed by atoms with Crippen LogP contribution in [0.4, 0.5) is 0 Å². The molecule has 84 valence electrons. The van der Waals surface area contributed by atoms with E-state index in [-0.39, 0.29) is 17.5 Å². The minimum atomic E-state index is 0.0968. The van der Waals surface area contributed by atoms with Crippen LogP contribution in [-0.4, -0.2) is 24.5 Å². The average molecular weight is 200 g/mol. The van der Waals surface area contributed by atoms with Crippen molar-refractivity contribution in [2.24, 2.45) is 0 Å². The van der Waals surface area contributed by atoms with Gasteiger partial charge in [-0.3, -0.25) is 4.79 Å². The Hall–Kier alpha value is -0.570. The largest absolute Gasteiger partial charge is 0.359 e. The highest BCUT2D eigenvalue weighted by Gasteiger charge is 2.22. The highest BCUT2D eigenvalue weighted by atomic mass is 16.1. The molecule has 0 aromatic heterocycles. The molecule has 1 unspecified atom stereocenters. The molecule has 1 amide bonds. The Morgan fingerprint density at radius 2 is 1.86 bits per heavy atom. The Kier molecular flexibility index (Phi) is 5.77. The summed E-state index contributed by atoms with van der Waals surface area (Å²) in [6, 6.07) is 0.236. The lowest BCUT2D eigenvalue weighted by atomic mass is 9.94. The zero-order valence-corrected chi connectivity index (χ0v) is 10.1. The van der Waals surface area contributed by atoms with Gasteiger partial charge in [-0.1, -0.05) is 13.8 Å². The number of carbonyl (C=O) groups is 1. The number of carbonyl (C=O) groups excluding carboxylic acids is 1. The van der Waals surface area contributed by atoms with Crippen molar-refractivity contribution < 1.29 is 4.79 Å². The summed E-state index contributed by atoms with van der Waals surface area (Å²) in [7, 11) is 1.67. The second-order valence-corrected chi connectivity index (χ2v) is 4.19. The predicted octanol–water partition coefficient (Wildman–Crippen LogP) is 1.68. The van der Waals surface area contributed by atoms with Gasteiger partial charge in [-0.15, -0.1) is 0 Å². The molecule has 1 atom stereocenters. The molecule has 0 aliphatic rings. The lowest BCUT2D eigenvalue weighted by Gasteiger charge is -2.32. The standard InChI is InChI=1S/C11H24N2O/c1-6-11(4,7-2)13-9(3)8-10(14)12-5/h9,13H,6-8H2,1-5H3,(H,12,14). The Balaban J connectivity index is 4.03. The maximum Gasteiger partial charge on any atom is 0.221 e. The van der Waals surface area contributed by atoms with E-state index in [0.717, 1.165) is 12.8 Å². The van der Waals surface area contributed by atoms with Gasteiger partial charge in [-0.2, -0.15) is 0 Å². The summed E-state index contributed by atoms with van der Waals surface area (Å²) < 4.78 is 0. The van der Waals surface area contributed by atoms with E-state index in [4.69, 9.17) is 0 Å². The van der Waals surface area contributed by atoms with Gasteiger partial charge in [0.1, 0.15) is 0 Å². The second-order valence-electron chi connectivity index (χ2n) is 4.19. The molecule has 0 rings (SSSR count). The number of hydrogen-bond acceptors (Lipinski definition) is 2. The van der Waals surface area contributed by atoms with Crippen molar-refractivity contribution in [1.82, 2.24) is 10.6 Å². The molecule has 0 fully saturated rings. The van der Waals surface area contributed by atoms with Crippen LogP contribution in [0.2, 0.25) is 0 Å². The molecule has 0 aliphatic carbocycles. The average Bonchev–Trinajstić information content (AvgIpc) is 2.17. The van der Waals surface area contributed by atoms with Crippen molar-refractivity contribution in [1.29, 1.82) is 0 Å². The molecule has 0 radical (unpaired) electrons. The fraction of sp³-hybridized carbons (Fsp3) is 0.909. The summed E-state index contributed by atoms with van der Waals surface area (Å²) in [5.41, 5.74) is 0.160. The van der Waals surface area contributed by atoms with E-state index in [9.17, 15) is 4.79 Å². The van der Waals surface area contributed by atoms with Gasteiger partial charge in [0.15, 0.2) is 0 Å². The van der Waals surface area contributed by atoms with Crippen molar-refractivity contribution in [2.45, 2.75) is 58.5 Å². The second kappa shape index (κ2) is 6.02. The fourth-order valence-corrected chi connectivity index (χ4v) is 1.48. The van der Waals surface area contributed by atoms with Gasteiger partial charge in [0.05, 0.1) is 0 Å². The van der Waals surface area contributed by atoms with Gasteiger partial charge in [-0.05, 0) is 26.7 Å². The van der Waals surface area contributed by atoms with Gasteiger partial charge >= 0.3 is 0 Å². The number of nitrogens with one attached hydrogen (secondary N) is 2. The molecule has 0 saturated heterocycles. The van der Waals surface area contributed by atoms with E-state index in [1.165, 1.54) is 0 Å². The Labute approximate surface area is 87.6 Å². The first-order chi connectivity index (χ1) is 6.47. The van der Waals surface area contributed by atoms with Gasteiger partial charge < -0.3 is 10.6 Å². The molecule has 3 heteroatoms. The van der Waals surface area contributed by atoms with Crippen LogP contribution in [-0.2, 0) is 4.79 Å². The van der Waals surface area contributed by atoms with E-state index < -0.39 is 0 Å². The molecule has 3 nitrogen and oxygen atoms in total. The van der Waals surface area contributed by atoms with E-state index in [0.29, 0.717) is 6.42 Å². The van der Waals surface area contributed by atoms with Crippen LogP contribution in [0.25, 0.3) is 0 Å². The third-order valence-electron chi connectivity index (χ3n) is 2.93. The smallest absolute Gasteiger partial charge is 0.221 e. The molecule has 0 bridgehead atoms. The molecule has 0 saturated carbocycles. The van der Waals surface area contributed by atoms with Crippen LogP contribution in [0.1, 0.15) is 47.0 Å². The zero-order chi connectivity index (χ0) is 11.2. The summed E-state index contributed by atoms with van der Waals surface area (Å²) in [6.07, 6.45) is 2.72. The third-order valence-corrected chi connectivity index (χ3v) is 2.93. The first kappa shape index (κ1) is 13.4. The summed E-state index contributed by atoms with van der Waals surface area (Å²) in [4.78, 5) is 11.1. The van der Waals surface area contributed by atoms with E-state index in [1.54, 1.807) is 7.05 Å². The van der Waals surface area contributed by atoms with Crippen LogP contribution in [0, 0.1) is 0 Å². The Morgan fingerprint density at radius 3 is 2.21 bits per heavy atom. The van der Waals surface area contributed by atoms with Crippen LogP contribution in [0.5, 0.6) is 0 Å². The van der Waals surface area contributed by atoms with E-state index in [2.05, 4.69) is 38.3 Å². The normalized spacial score (nSPS) is 13.8. The molecule has 0 spiro atoms. The van der Waals surface area contributed by atoms with Crippen molar-refractivity contribution in [3.05, 3.63) is 0 Å². The van der Waals surface area contributed by atoms with Gasteiger partial charge in [0.2, 0.25) is 5.91 Å². The first-order valence-electron chi connectivity index (χ1n) is 5.45. The number of amides is 1. The van der Waals surface area contributed by atoms with Crippen molar-refractivity contribution in [3.8, 4) is 0 Å². The Morgan fingerprint density at radius 1 is 1.36 bits per heavy atom. The van der Waals surface area contributed by atoms with Crippen molar-refractivity contribution >= 4 is 5.91 Å². The summed E-state index contributed by atoms with van der Waals surface area (Å²) in [6.45, 7) is 8.60. The van der Waals surface area contributed by atoms with Gasteiger partial charge in [0.25, 0.3) is 0 Å². The van der Waals surface area contributed by atoms with Crippen LogP contribution in [0.15, 0.2) is 0 Å². The quantitative estimate of drug-likeness (QED) is 0.685. The lowest BCUT2D eigenvalue weighted by Crippen LogP contribution is -2.47. The third kappa shape index (κ3) is 4.61. The molecule has 0 aromatic carbocycles. The SMILES string of the molecule is CCC(C)(CC)NC(C)CC(=O)NC. The van der Waals surface area contributed by atoms with E-state index in [1.807, 2.05) is 0 Å². The number of rotatable bonds is 6. The fourth-order valence-electron chi connectivity index (χ4n) is 1.48. The summed E-state index contributed by atoms with van der Waals surface area (Å²) >= 11 is 0. The zero-order valence-electron chi connectivity index (χ0n) is 10.1. The molecule has 14 heavy (non-hydrogen) atoms. The van der Waals surface area contributed by atoms with Crippen LogP contribution in [0.3, 0.4) is 0 Å². The van der Waals surface area contributed by atoms with E-state index >= 15 is 0 Å². The minimum absolute atomic E-state index is 0.0968. The molecule has 0 aromatic rings.